The number of para-hydroxylation sites is 2. The Morgan fingerprint density at radius 3 is 2.48 bits per heavy atom. The third kappa shape index (κ3) is 6.26. The summed E-state index contributed by atoms with van der Waals surface area (Å²) >= 11 is 3.53. The summed E-state index contributed by atoms with van der Waals surface area (Å²) in [5, 5.41) is 17.3. The number of rotatable bonds is 7. The number of methoxy groups -OCH3 is 1. The van der Waals surface area contributed by atoms with Crippen LogP contribution >= 0.6 is 28.3 Å². The van der Waals surface area contributed by atoms with Crippen molar-refractivity contribution < 1.29 is 19.1 Å². The van der Waals surface area contributed by atoms with Gasteiger partial charge in [0, 0.05) is 10.0 Å². The molecular weight excluding hydrogens is 646 g/mol. The average Bonchev–Trinajstić information content (AvgIpc) is 3.14. The van der Waals surface area contributed by atoms with E-state index >= 15 is 0 Å². The van der Waals surface area contributed by atoms with Crippen LogP contribution in [-0.4, -0.2) is 50.5 Å². The lowest BCUT2D eigenvalue weighted by molar-refractivity contribution is -0.128. The average molecular weight is 677 g/mol. The van der Waals surface area contributed by atoms with Crippen LogP contribution in [0.15, 0.2) is 83.3 Å². The number of amides is 3. The van der Waals surface area contributed by atoms with Crippen molar-refractivity contribution in [1.82, 2.24) is 10.6 Å². The number of fused-ring (bicyclic) bond motifs is 2. The Bertz CT molecular complexity index is 1780. The SMILES string of the molecule is CNC(C)C(=O)NC1CN(C(=O)c2ccccc2C#N)c2ccccc2N(Cc2c(OC)ccc3cc(Br)ccc23)C1=O.Cl. The van der Waals surface area contributed by atoms with Crippen molar-refractivity contribution in [3.8, 4) is 11.8 Å². The molecule has 0 bridgehead atoms. The molecule has 2 N–H and O–H groups in total. The van der Waals surface area contributed by atoms with E-state index in [1.165, 1.54) is 4.90 Å². The number of halogens is 2. The zero-order valence-electron chi connectivity index (χ0n) is 24.3. The van der Waals surface area contributed by atoms with E-state index < -0.39 is 18.0 Å². The van der Waals surface area contributed by atoms with Crippen molar-refractivity contribution in [2.75, 3.05) is 30.5 Å². The van der Waals surface area contributed by atoms with Crippen LogP contribution in [0.5, 0.6) is 5.75 Å². The van der Waals surface area contributed by atoms with Crippen molar-refractivity contribution in [1.29, 1.82) is 5.26 Å². The Balaban J connectivity index is 0.00000442. The number of carbonyl (C=O) groups is 3. The third-order valence-corrected chi connectivity index (χ3v) is 8.14. The molecule has 4 aromatic carbocycles. The monoisotopic (exact) mass is 675 g/mol. The highest BCUT2D eigenvalue weighted by Crippen LogP contribution is 2.38. The molecule has 1 aliphatic rings. The molecule has 2 atom stereocenters. The predicted octanol–water partition coefficient (Wildman–Crippen LogP) is 5.19. The minimum atomic E-state index is -1.08. The molecule has 11 heteroatoms. The summed E-state index contributed by atoms with van der Waals surface area (Å²) in [6.45, 7) is 1.67. The minimum Gasteiger partial charge on any atom is -0.496 e. The molecule has 2 unspecified atom stereocenters. The van der Waals surface area contributed by atoms with Gasteiger partial charge in [0.2, 0.25) is 5.91 Å². The summed E-state index contributed by atoms with van der Waals surface area (Å²) in [5.74, 6) is -0.620. The van der Waals surface area contributed by atoms with Gasteiger partial charge >= 0.3 is 0 Å². The van der Waals surface area contributed by atoms with E-state index in [1.807, 2.05) is 30.3 Å². The fourth-order valence-corrected chi connectivity index (χ4v) is 5.63. The Hall–Kier alpha value is -4.43. The molecule has 0 aromatic heterocycles. The van der Waals surface area contributed by atoms with Crippen LogP contribution in [0.25, 0.3) is 10.8 Å². The van der Waals surface area contributed by atoms with Gasteiger partial charge < -0.3 is 25.2 Å². The number of nitriles is 1. The standard InChI is InChI=1S/C33H30BrN5O4.ClH/c1-20(36-2)31(40)37-27-19-39(32(41)25-9-5-4-8-22(25)17-35)29-11-7-6-10-28(29)38(33(27)42)18-26-24-14-13-23(34)16-21(24)12-15-30(26)43-3;/h4-16,20,27,36H,18-19H2,1-3H3,(H,37,40);1H. The molecule has 226 valence electrons. The molecule has 0 aliphatic carbocycles. The van der Waals surface area contributed by atoms with Crippen LogP contribution in [0.2, 0.25) is 0 Å². The minimum absolute atomic E-state index is 0. The second kappa shape index (κ2) is 13.9. The van der Waals surface area contributed by atoms with Crippen LogP contribution in [0, 0.1) is 11.3 Å². The Morgan fingerprint density at radius 1 is 1.07 bits per heavy atom. The van der Waals surface area contributed by atoms with Gasteiger partial charge in [-0.25, -0.2) is 0 Å². The van der Waals surface area contributed by atoms with Gasteiger partial charge in [0.1, 0.15) is 11.8 Å². The largest absolute Gasteiger partial charge is 0.496 e. The lowest BCUT2D eigenvalue weighted by Gasteiger charge is -2.27. The van der Waals surface area contributed by atoms with Crippen molar-refractivity contribution in [2.45, 2.75) is 25.6 Å². The maximum absolute atomic E-state index is 14.4. The zero-order chi connectivity index (χ0) is 30.7. The Kier molecular flexibility index (Phi) is 10.3. The van der Waals surface area contributed by atoms with Gasteiger partial charge in [0.05, 0.1) is 54.8 Å². The second-order valence-corrected chi connectivity index (χ2v) is 11.1. The molecule has 4 aromatic rings. The maximum atomic E-state index is 14.4. The molecule has 0 spiro atoms. The Morgan fingerprint density at radius 2 is 1.77 bits per heavy atom. The second-order valence-electron chi connectivity index (χ2n) is 10.2. The quantitative estimate of drug-likeness (QED) is 0.279. The van der Waals surface area contributed by atoms with Gasteiger partial charge in [-0.1, -0.05) is 52.3 Å². The number of hydrogen-bond donors (Lipinski definition) is 2. The molecule has 1 aliphatic heterocycles. The van der Waals surface area contributed by atoms with E-state index in [9.17, 15) is 19.6 Å². The van der Waals surface area contributed by atoms with Gasteiger partial charge in [-0.2, -0.15) is 5.26 Å². The van der Waals surface area contributed by atoms with Crippen LogP contribution in [0.1, 0.15) is 28.4 Å². The van der Waals surface area contributed by atoms with E-state index in [-0.39, 0.29) is 48.4 Å². The molecular formula is C33H31BrClN5O4. The Labute approximate surface area is 270 Å². The van der Waals surface area contributed by atoms with Crippen LogP contribution in [0.4, 0.5) is 11.4 Å². The highest BCUT2D eigenvalue weighted by atomic mass is 79.9. The summed E-state index contributed by atoms with van der Waals surface area (Å²) in [7, 11) is 3.23. The highest BCUT2D eigenvalue weighted by molar-refractivity contribution is 9.10. The number of hydrogen-bond acceptors (Lipinski definition) is 6. The van der Waals surface area contributed by atoms with Crippen molar-refractivity contribution in [3.63, 3.8) is 0 Å². The number of benzene rings is 4. The third-order valence-electron chi connectivity index (χ3n) is 7.65. The van der Waals surface area contributed by atoms with Crippen molar-refractivity contribution in [3.05, 3.63) is 100 Å². The lowest BCUT2D eigenvalue weighted by Crippen LogP contribution is -2.55. The van der Waals surface area contributed by atoms with E-state index in [0.29, 0.717) is 17.1 Å². The van der Waals surface area contributed by atoms with Crippen LogP contribution < -0.4 is 25.2 Å². The molecule has 1 heterocycles. The molecule has 44 heavy (non-hydrogen) atoms. The number of carbonyl (C=O) groups excluding carboxylic acids is 3. The fraction of sp³-hybridized carbons (Fsp3) is 0.212. The van der Waals surface area contributed by atoms with Crippen molar-refractivity contribution in [2.24, 2.45) is 0 Å². The van der Waals surface area contributed by atoms with E-state index in [4.69, 9.17) is 4.74 Å². The molecule has 0 fully saturated rings. The van der Waals surface area contributed by atoms with E-state index in [0.717, 1.165) is 20.8 Å². The zero-order valence-corrected chi connectivity index (χ0v) is 26.7. The number of anilines is 2. The molecule has 9 nitrogen and oxygen atoms in total. The van der Waals surface area contributed by atoms with Crippen LogP contribution in [0.3, 0.4) is 0 Å². The van der Waals surface area contributed by atoms with Gasteiger partial charge in [0.15, 0.2) is 0 Å². The smallest absolute Gasteiger partial charge is 0.259 e. The first-order valence-electron chi connectivity index (χ1n) is 13.7. The first-order valence-corrected chi connectivity index (χ1v) is 14.5. The number of nitrogens with one attached hydrogen (secondary N) is 2. The van der Waals surface area contributed by atoms with Crippen molar-refractivity contribution >= 4 is 68.2 Å². The molecule has 5 rings (SSSR count). The van der Waals surface area contributed by atoms with Gasteiger partial charge in [0.25, 0.3) is 11.8 Å². The summed E-state index contributed by atoms with van der Waals surface area (Å²) < 4.78 is 6.65. The van der Waals surface area contributed by atoms with Gasteiger partial charge in [-0.05, 0) is 67.2 Å². The number of ether oxygens (including phenoxy) is 1. The summed E-state index contributed by atoms with van der Waals surface area (Å²) in [6.07, 6.45) is 0. The van der Waals surface area contributed by atoms with E-state index in [1.54, 1.807) is 74.5 Å². The first-order chi connectivity index (χ1) is 20.8. The lowest BCUT2D eigenvalue weighted by atomic mass is 10.0. The van der Waals surface area contributed by atoms with Gasteiger partial charge in [-0.3, -0.25) is 14.4 Å². The first kappa shape index (κ1) is 32.5. The number of nitrogens with zero attached hydrogens (tertiary/aromatic N) is 3. The topological polar surface area (TPSA) is 115 Å². The molecule has 3 amide bonds. The maximum Gasteiger partial charge on any atom is 0.259 e. The summed E-state index contributed by atoms with van der Waals surface area (Å²) in [5.41, 5.74) is 2.17. The summed E-state index contributed by atoms with van der Waals surface area (Å²) in [4.78, 5) is 44.7. The predicted molar refractivity (Wildman–Crippen MR) is 176 cm³/mol. The van der Waals surface area contributed by atoms with Crippen LogP contribution in [-0.2, 0) is 16.1 Å². The normalized spacial score (nSPS) is 15.0. The van der Waals surface area contributed by atoms with Gasteiger partial charge in [-0.15, -0.1) is 12.4 Å². The van der Waals surface area contributed by atoms with E-state index in [2.05, 4.69) is 32.6 Å². The summed E-state index contributed by atoms with van der Waals surface area (Å²) in [6, 6.07) is 23.8. The fourth-order valence-electron chi connectivity index (χ4n) is 5.25. The molecule has 0 radical (unpaired) electrons. The number of likely N-dealkylation sites (N-methyl/N-ethyl adjacent to an activating group) is 1. The molecule has 0 saturated carbocycles. The molecule has 0 saturated heterocycles. The highest BCUT2D eigenvalue weighted by Gasteiger charge is 2.38.